The lowest BCUT2D eigenvalue weighted by molar-refractivity contribution is -0.179. The van der Waals surface area contributed by atoms with Gasteiger partial charge in [0, 0.05) is 12.5 Å². The van der Waals surface area contributed by atoms with Gasteiger partial charge in [0.25, 0.3) is 0 Å². The molecule has 1 saturated carbocycles. The maximum atomic E-state index is 11.7. The van der Waals surface area contributed by atoms with E-state index in [1.165, 1.54) is 12.0 Å². The number of fused-ring (bicyclic) bond motifs is 1. The lowest BCUT2D eigenvalue weighted by atomic mass is 9.88. The third kappa shape index (κ3) is 4.84. The lowest BCUT2D eigenvalue weighted by Crippen LogP contribution is -2.27. The molecule has 1 aromatic carbocycles. The van der Waals surface area contributed by atoms with Gasteiger partial charge in [0.2, 0.25) is 0 Å². The summed E-state index contributed by atoms with van der Waals surface area (Å²) in [6.45, 7) is 3.06. The van der Waals surface area contributed by atoms with Gasteiger partial charge in [0.05, 0.1) is 12.5 Å². The van der Waals surface area contributed by atoms with Crippen LogP contribution in [0.1, 0.15) is 51.0 Å². The maximum absolute atomic E-state index is 11.7. The Hall–Kier alpha value is -1.65. The van der Waals surface area contributed by atoms with Crippen LogP contribution < -0.4 is 0 Å². The summed E-state index contributed by atoms with van der Waals surface area (Å²) in [4.78, 5) is 11.7. The quantitative estimate of drug-likeness (QED) is 0.506. The first kappa shape index (κ1) is 19.7. The summed E-state index contributed by atoms with van der Waals surface area (Å²) >= 11 is 0. The number of hydrogen-bond donors (Lipinski definition) is 0. The molecule has 1 unspecified atom stereocenters. The summed E-state index contributed by atoms with van der Waals surface area (Å²) in [5.74, 6) is 1.24. The molecule has 0 radical (unpaired) electrons. The van der Waals surface area contributed by atoms with E-state index in [2.05, 4.69) is 49.4 Å². The molecule has 0 aromatic heterocycles. The van der Waals surface area contributed by atoms with Crippen molar-refractivity contribution in [3.05, 3.63) is 48.0 Å². The molecule has 152 valence electrons. The summed E-state index contributed by atoms with van der Waals surface area (Å²) in [5.41, 5.74) is 1.33. The normalized spacial score (nSPS) is 33.8. The summed E-state index contributed by atoms with van der Waals surface area (Å²) in [7, 11) is 0. The first-order valence-electron chi connectivity index (χ1n) is 10.9. The van der Waals surface area contributed by atoms with E-state index in [-0.39, 0.29) is 24.5 Å². The van der Waals surface area contributed by atoms with Gasteiger partial charge >= 0.3 is 5.97 Å². The highest BCUT2D eigenvalue weighted by Crippen LogP contribution is 2.45. The minimum Gasteiger partial charge on any atom is -0.462 e. The maximum Gasteiger partial charge on any atom is 0.306 e. The summed E-state index contributed by atoms with van der Waals surface area (Å²) < 4.78 is 17.6. The third-order valence-electron chi connectivity index (χ3n) is 6.49. The van der Waals surface area contributed by atoms with Crippen LogP contribution in [0.15, 0.2) is 42.5 Å². The smallest absolute Gasteiger partial charge is 0.306 e. The molecule has 2 saturated heterocycles. The van der Waals surface area contributed by atoms with Crippen molar-refractivity contribution in [1.29, 1.82) is 0 Å². The van der Waals surface area contributed by atoms with Gasteiger partial charge in [0.15, 0.2) is 6.29 Å². The molecule has 2 heterocycles. The van der Waals surface area contributed by atoms with E-state index in [0.717, 1.165) is 38.7 Å². The second-order valence-corrected chi connectivity index (χ2v) is 8.57. The van der Waals surface area contributed by atoms with E-state index < -0.39 is 0 Å². The average Bonchev–Trinajstić information content (AvgIpc) is 3.20. The molecule has 1 aliphatic carbocycles. The Morgan fingerprint density at radius 1 is 1.25 bits per heavy atom. The highest BCUT2D eigenvalue weighted by molar-refractivity contribution is 5.72. The van der Waals surface area contributed by atoms with E-state index >= 15 is 0 Å². The van der Waals surface area contributed by atoms with Crippen LogP contribution in [0.5, 0.6) is 0 Å². The summed E-state index contributed by atoms with van der Waals surface area (Å²) in [6, 6.07) is 10.6. The minimum atomic E-state index is -0.0932. The minimum absolute atomic E-state index is 0.0345. The van der Waals surface area contributed by atoms with Crippen molar-refractivity contribution in [2.24, 2.45) is 17.8 Å². The molecule has 0 bridgehead atoms. The van der Waals surface area contributed by atoms with Crippen LogP contribution in [0, 0.1) is 17.8 Å². The molecule has 2 aliphatic heterocycles. The van der Waals surface area contributed by atoms with Gasteiger partial charge in [-0.05, 0) is 55.9 Å². The second kappa shape index (κ2) is 9.23. The molecular weight excluding hydrogens is 352 g/mol. The number of esters is 1. The van der Waals surface area contributed by atoms with E-state index in [1.54, 1.807) is 0 Å². The predicted octanol–water partition coefficient (Wildman–Crippen LogP) is 4.67. The molecule has 6 atom stereocenters. The van der Waals surface area contributed by atoms with Crippen molar-refractivity contribution in [2.75, 3.05) is 6.61 Å². The fraction of sp³-hybridized carbons (Fsp3) is 0.625. The number of aryl methyl sites for hydroxylation is 1. The largest absolute Gasteiger partial charge is 0.462 e. The predicted molar refractivity (Wildman–Crippen MR) is 108 cm³/mol. The van der Waals surface area contributed by atoms with Gasteiger partial charge in [-0.2, -0.15) is 0 Å². The zero-order valence-electron chi connectivity index (χ0n) is 16.8. The number of carbonyl (C=O) groups is 1. The van der Waals surface area contributed by atoms with Crippen molar-refractivity contribution in [3.63, 3.8) is 0 Å². The van der Waals surface area contributed by atoms with Crippen LogP contribution in [0.4, 0.5) is 0 Å². The monoisotopic (exact) mass is 384 g/mol. The van der Waals surface area contributed by atoms with Crippen molar-refractivity contribution in [3.8, 4) is 0 Å². The zero-order valence-corrected chi connectivity index (χ0v) is 16.8. The van der Waals surface area contributed by atoms with Crippen molar-refractivity contribution in [2.45, 2.75) is 70.4 Å². The number of ether oxygens (including phenoxy) is 3. The van der Waals surface area contributed by atoms with Gasteiger partial charge in [0.1, 0.15) is 6.10 Å². The molecular formula is C24H32O4. The number of carbonyl (C=O) groups excluding carboxylic acids is 1. The first-order valence-corrected chi connectivity index (χ1v) is 10.9. The van der Waals surface area contributed by atoms with Crippen LogP contribution in [-0.4, -0.2) is 31.1 Å². The molecule has 3 aliphatic rings. The molecule has 3 fully saturated rings. The zero-order chi connectivity index (χ0) is 19.3. The first-order chi connectivity index (χ1) is 13.7. The highest BCUT2D eigenvalue weighted by Gasteiger charge is 2.47. The molecule has 28 heavy (non-hydrogen) atoms. The van der Waals surface area contributed by atoms with E-state index in [1.807, 2.05) is 0 Å². The summed E-state index contributed by atoms with van der Waals surface area (Å²) in [6.07, 6.45) is 11.3. The Bertz CT molecular complexity index is 664. The number of benzene rings is 1. The second-order valence-electron chi connectivity index (χ2n) is 8.57. The molecule has 4 rings (SSSR count). The van der Waals surface area contributed by atoms with Crippen LogP contribution in [0.25, 0.3) is 0 Å². The fourth-order valence-electron chi connectivity index (χ4n) is 4.94. The number of rotatable bonds is 7. The van der Waals surface area contributed by atoms with Crippen LogP contribution >= 0.6 is 0 Å². The van der Waals surface area contributed by atoms with Crippen molar-refractivity contribution in [1.82, 2.24) is 0 Å². The number of hydrogen-bond acceptors (Lipinski definition) is 4. The molecule has 1 aromatic rings. The molecule has 0 spiro atoms. The Balaban J connectivity index is 1.41. The van der Waals surface area contributed by atoms with Crippen LogP contribution in [-0.2, 0) is 25.4 Å². The van der Waals surface area contributed by atoms with Gasteiger partial charge in [-0.3, -0.25) is 4.79 Å². The summed E-state index contributed by atoms with van der Waals surface area (Å²) in [5, 5.41) is 0. The molecule has 0 amide bonds. The van der Waals surface area contributed by atoms with Crippen molar-refractivity contribution < 1.29 is 19.0 Å². The van der Waals surface area contributed by atoms with E-state index in [0.29, 0.717) is 24.2 Å². The molecule has 4 heteroatoms. The van der Waals surface area contributed by atoms with Gasteiger partial charge in [-0.15, -0.1) is 0 Å². The molecule has 4 nitrogen and oxygen atoms in total. The Labute approximate surface area is 168 Å². The Morgan fingerprint density at radius 2 is 2.11 bits per heavy atom. The average molecular weight is 385 g/mol. The van der Waals surface area contributed by atoms with Gasteiger partial charge in [-0.1, -0.05) is 49.4 Å². The Morgan fingerprint density at radius 3 is 2.89 bits per heavy atom. The van der Waals surface area contributed by atoms with Crippen LogP contribution in [0.2, 0.25) is 0 Å². The SMILES string of the molecule is C[C@@H]1C[C@@H]2OC(=O)C[C@@H]2[C@H]1/C=C/[C@H](CCc1ccccc1)OC1CCCCO1. The van der Waals surface area contributed by atoms with Gasteiger partial charge < -0.3 is 14.2 Å². The van der Waals surface area contributed by atoms with Crippen molar-refractivity contribution >= 4 is 5.97 Å². The van der Waals surface area contributed by atoms with E-state index in [9.17, 15) is 4.79 Å². The molecule has 0 N–H and O–H groups in total. The topological polar surface area (TPSA) is 44.8 Å². The van der Waals surface area contributed by atoms with Crippen LogP contribution in [0.3, 0.4) is 0 Å². The van der Waals surface area contributed by atoms with E-state index in [4.69, 9.17) is 14.2 Å². The van der Waals surface area contributed by atoms with Gasteiger partial charge in [-0.25, -0.2) is 0 Å². The Kier molecular flexibility index (Phi) is 6.48. The highest BCUT2D eigenvalue weighted by atomic mass is 16.7. The fourth-order valence-corrected chi connectivity index (χ4v) is 4.94. The standard InChI is InChI=1S/C24H32O4/c1-17-15-22-21(16-23(25)28-22)20(17)13-12-19(27-24-9-5-6-14-26-24)11-10-18-7-3-2-4-8-18/h2-4,7-8,12-13,17,19-22,24H,5-6,9-11,14-16H2,1H3/b13-12+/t17-,19+,20+,21-,22+,24?/m1/s1. The lowest BCUT2D eigenvalue weighted by Gasteiger charge is -2.27. The number of allylic oxidation sites excluding steroid dienone is 1. The third-order valence-corrected chi connectivity index (χ3v) is 6.49.